The molecule has 0 aliphatic heterocycles. The van der Waals surface area contributed by atoms with Crippen LogP contribution < -0.4 is 10.6 Å². The van der Waals surface area contributed by atoms with Crippen molar-refractivity contribution in [2.24, 2.45) is 0 Å². The van der Waals surface area contributed by atoms with Gasteiger partial charge in [0, 0.05) is 6.54 Å². The van der Waals surface area contributed by atoms with E-state index in [2.05, 4.69) is 10.6 Å². The Hall–Kier alpha value is -1.69. The number of benzene rings is 1. The molecule has 0 radical (unpaired) electrons. The normalized spacial score (nSPS) is 10.1. The minimum absolute atomic E-state index is 0.0996. The molecule has 1 aromatic carbocycles. The van der Waals surface area contributed by atoms with Crippen LogP contribution in [-0.2, 0) is 0 Å². The summed E-state index contributed by atoms with van der Waals surface area (Å²) in [7, 11) is 0. The summed E-state index contributed by atoms with van der Waals surface area (Å²) in [5.74, 6) is 0.0218. The Kier molecular flexibility index (Phi) is 6.93. The van der Waals surface area contributed by atoms with Gasteiger partial charge < -0.3 is 15.7 Å². The van der Waals surface area contributed by atoms with E-state index in [0.29, 0.717) is 12.2 Å². The average molecular weight is 296 g/mol. The van der Waals surface area contributed by atoms with Gasteiger partial charge in [-0.25, -0.2) is 9.59 Å². The zero-order valence-corrected chi connectivity index (χ0v) is 12.5. The van der Waals surface area contributed by atoms with Crippen molar-refractivity contribution in [3.05, 3.63) is 29.3 Å². The molecular formula is C14H20N2O3S. The Morgan fingerprint density at radius 2 is 2.05 bits per heavy atom. The van der Waals surface area contributed by atoms with Crippen LogP contribution in [0, 0.1) is 6.92 Å². The van der Waals surface area contributed by atoms with Gasteiger partial charge in [0.2, 0.25) is 0 Å². The molecule has 110 valence electrons. The number of hydrogen-bond acceptors (Lipinski definition) is 3. The highest BCUT2D eigenvalue weighted by Gasteiger charge is 2.13. The summed E-state index contributed by atoms with van der Waals surface area (Å²) < 4.78 is 0. The third-order valence-corrected chi connectivity index (χ3v) is 3.50. The molecule has 3 N–H and O–H groups in total. The average Bonchev–Trinajstić information content (AvgIpc) is 2.40. The number of hydrogen-bond donors (Lipinski definition) is 3. The SMILES string of the molecule is CSCCCCNC(=O)Nc1c(C)cccc1C(=O)O. The van der Waals surface area contributed by atoms with Crippen molar-refractivity contribution in [1.82, 2.24) is 5.32 Å². The van der Waals surface area contributed by atoms with E-state index in [0.717, 1.165) is 24.2 Å². The lowest BCUT2D eigenvalue weighted by molar-refractivity contribution is 0.0698. The molecule has 1 aromatic rings. The van der Waals surface area contributed by atoms with Crippen LogP contribution >= 0.6 is 11.8 Å². The van der Waals surface area contributed by atoms with E-state index in [1.54, 1.807) is 30.8 Å². The fraction of sp³-hybridized carbons (Fsp3) is 0.429. The lowest BCUT2D eigenvalue weighted by atomic mass is 10.1. The number of anilines is 1. The maximum absolute atomic E-state index is 11.8. The first-order valence-corrected chi connectivity index (χ1v) is 7.82. The lowest BCUT2D eigenvalue weighted by Crippen LogP contribution is -2.30. The Morgan fingerprint density at radius 3 is 2.70 bits per heavy atom. The molecule has 0 spiro atoms. The van der Waals surface area contributed by atoms with Crippen LogP contribution in [0.1, 0.15) is 28.8 Å². The van der Waals surface area contributed by atoms with Gasteiger partial charge in [-0.2, -0.15) is 11.8 Å². The van der Waals surface area contributed by atoms with Crippen molar-refractivity contribution < 1.29 is 14.7 Å². The summed E-state index contributed by atoms with van der Waals surface area (Å²) in [6, 6.07) is 4.53. The molecule has 0 heterocycles. The largest absolute Gasteiger partial charge is 0.478 e. The molecule has 2 amide bonds. The molecule has 0 atom stereocenters. The Balaban J connectivity index is 2.55. The van der Waals surface area contributed by atoms with Gasteiger partial charge in [0.1, 0.15) is 0 Å². The number of amides is 2. The summed E-state index contributed by atoms with van der Waals surface area (Å²) in [6.07, 6.45) is 4.01. The summed E-state index contributed by atoms with van der Waals surface area (Å²) in [5, 5.41) is 14.4. The van der Waals surface area contributed by atoms with Crippen LogP contribution in [0.5, 0.6) is 0 Å². The number of para-hydroxylation sites is 1. The zero-order chi connectivity index (χ0) is 15.0. The maximum atomic E-state index is 11.8. The van der Waals surface area contributed by atoms with Gasteiger partial charge in [0.05, 0.1) is 11.3 Å². The third-order valence-electron chi connectivity index (χ3n) is 2.80. The molecule has 6 heteroatoms. The first-order valence-electron chi connectivity index (χ1n) is 6.43. The lowest BCUT2D eigenvalue weighted by Gasteiger charge is -2.12. The van der Waals surface area contributed by atoms with Crippen molar-refractivity contribution in [3.63, 3.8) is 0 Å². The molecule has 5 nitrogen and oxygen atoms in total. The summed E-state index contributed by atoms with van der Waals surface area (Å²) in [6.45, 7) is 2.35. The number of carbonyl (C=O) groups is 2. The predicted octanol–water partition coefficient (Wildman–Crippen LogP) is 2.96. The number of rotatable bonds is 7. The van der Waals surface area contributed by atoms with Crippen LogP contribution in [0.3, 0.4) is 0 Å². The van der Waals surface area contributed by atoms with E-state index in [-0.39, 0.29) is 11.6 Å². The summed E-state index contributed by atoms with van der Waals surface area (Å²) in [5.41, 5.74) is 1.17. The molecule has 20 heavy (non-hydrogen) atoms. The number of carbonyl (C=O) groups excluding carboxylic acids is 1. The fourth-order valence-electron chi connectivity index (χ4n) is 1.74. The van der Waals surface area contributed by atoms with Gasteiger partial charge in [-0.1, -0.05) is 12.1 Å². The van der Waals surface area contributed by atoms with E-state index in [9.17, 15) is 9.59 Å². The third kappa shape index (κ3) is 5.13. The highest BCUT2D eigenvalue weighted by molar-refractivity contribution is 7.98. The minimum Gasteiger partial charge on any atom is -0.478 e. The summed E-state index contributed by atoms with van der Waals surface area (Å²) in [4.78, 5) is 22.9. The number of unbranched alkanes of at least 4 members (excludes halogenated alkanes) is 1. The van der Waals surface area contributed by atoms with Crippen LogP contribution in [0.2, 0.25) is 0 Å². The first-order chi connectivity index (χ1) is 9.56. The number of aromatic carboxylic acids is 1. The van der Waals surface area contributed by atoms with Crippen molar-refractivity contribution in [2.75, 3.05) is 23.9 Å². The topological polar surface area (TPSA) is 78.4 Å². The molecular weight excluding hydrogens is 276 g/mol. The number of nitrogens with one attached hydrogen (secondary N) is 2. The number of carboxylic acids is 1. The second-order valence-corrected chi connectivity index (χ2v) is 5.37. The standard InChI is InChI=1S/C14H20N2O3S/c1-10-6-5-7-11(13(17)18)12(10)16-14(19)15-8-3-4-9-20-2/h5-7H,3-4,8-9H2,1-2H3,(H,17,18)(H2,15,16,19). The Morgan fingerprint density at radius 1 is 1.30 bits per heavy atom. The van der Waals surface area contributed by atoms with Gasteiger partial charge in [-0.05, 0) is 43.4 Å². The summed E-state index contributed by atoms with van der Waals surface area (Å²) >= 11 is 1.78. The second kappa shape index (κ2) is 8.47. The molecule has 0 bridgehead atoms. The first kappa shape index (κ1) is 16.4. The predicted molar refractivity (Wildman–Crippen MR) is 82.8 cm³/mol. The van der Waals surface area contributed by atoms with Crippen LogP contribution in [0.4, 0.5) is 10.5 Å². The Bertz CT molecular complexity index is 477. The van der Waals surface area contributed by atoms with Crippen LogP contribution in [0.15, 0.2) is 18.2 Å². The van der Waals surface area contributed by atoms with Gasteiger partial charge in [0.25, 0.3) is 0 Å². The molecule has 0 saturated heterocycles. The Labute approximate surface area is 123 Å². The molecule has 0 saturated carbocycles. The minimum atomic E-state index is -1.05. The van der Waals surface area contributed by atoms with Crippen LogP contribution in [-0.4, -0.2) is 35.7 Å². The quantitative estimate of drug-likeness (QED) is 0.676. The number of aryl methyl sites for hydroxylation is 1. The van der Waals surface area contributed by atoms with Crippen molar-refractivity contribution >= 4 is 29.4 Å². The zero-order valence-electron chi connectivity index (χ0n) is 11.7. The molecule has 1 rings (SSSR count). The van der Waals surface area contributed by atoms with E-state index in [1.807, 2.05) is 6.26 Å². The van der Waals surface area contributed by atoms with Crippen molar-refractivity contribution in [1.29, 1.82) is 0 Å². The smallest absolute Gasteiger partial charge is 0.337 e. The molecule has 0 fully saturated rings. The van der Waals surface area contributed by atoms with Crippen molar-refractivity contribution in [2.45, 2.75) is 19.8 Å². The van der Waals surface area contributed by atoms with E-state index in [4.69, 9.17) is 5.11 Å². The number of urea groups is 1. The molecule has 0 aliphatic rings. The molecule has 0 unspecified atom stereocenters. The van der Waals surface area contributed by atoms with Gasteiger partial charge in [0.15, 0.2) is 0 Å². The van der Waals surface area contributed by atoms with Gasteiger partial charge in [-0.15, -0.1) is 0 Å². The number of thioether (sulfide) groups is 1. The number of carboxylic acid groups (broad SMARTS) is 1. The maximum Gasteiger partial charge on any atom is 0.337 e. The van der Waals surface area contributed by atoms with Crippen molar-refractivity contribution in [3.8, 4) is 0 Å². The van der Waals surface area contributed by atoms with Crippen LogP contribution in [0.25, 0.3) is 0 Å². The molecule has 0 aliphatic carbocycles. The highest BCUT2D eigenvalue weighted by atomic mass is 32.2. The second-order valence-electron chi connectivity index (χ2n) is 4.38. The fourth-order valence-corrected chi connectivity index (χ4v) is 2.24. The van der Waals surface area contributed by atoms with E-state index in [1.165, 1.54) is 6.07 Å². The van der Waals surface area contributed by atoms with E-state index < -0.39 is 5.97 Å². The van der Waals surface area contributed by atoms with E-state index >= 15 is 0 Å². The monoisotopic (exact) mass is 296 g/mol. The molecule has 0 aromatic heterocycles. The highest BCUT2D eigenvalue weighted by Crippen LogP contribution is 2.20. The van der Waals surface area contributed by atoms with Gasteiger partial charge >= 0.3 is 12.0 Å². The van der Waals surface area contributed by atoms with Gasteiger partial charge in [-0.3, -0.25) is 0 Å².